The van der Waals surface area contributed by atoms with Gasteiger partial charge in [-0.3, -0.25) is 0 Å². The van der Waals surface area contributed by atoms with E-state index in [0.717, 1.165) is 33.1 Å². The van der Waals surface area contributed by atoms with Crippen molar-refractivity contribution >= 4 is 27.6 Å². The van der Waals surface area contributed by atoms with E-state index in [1.807, 2.05) is 48.5 Å². The Morgan fingerprint density at radius 3 is 2.33 bits per heavy atom. The molecule has 102 valence electrons. The zero-order chi connectivity index (χ0) is 14.4. The molecule has 21 heavy (non-hydrogen) atoms. The standard InChI is InChI=1S/C18H12FNO/c19-15-10-12(5-7-16(15)20)11-6-8-18-14(9-11)13-3-1-2-4-17(13)21-18/h1-10H,20H2. The second kappa shape index (κ2) is 4.35. The lowest BCUT2D eigenvalue weighted by molar-refractivity contribution is 0.633. The molecule has 2 nitrogen and oxygen atoms in total. The van der Waals surface area contributed by atoms with E-state index in [2.05, 4.69) is 0 Å². The summed E-state index contributed by atoms with van der Waals surface area (Å²) in [4.78, 5) is 0. The molecule has 0 amide bonds. The summed E-state index contributed by atoms with van der Waals surface area (Å²) in [6.45, 7) is 0. The molecule has 0 unspecified atom stereocenters. The highest BCUT2D eigenvalue weighted by Crippen LogP contribution is 2.32. The van der Waals surface area contributed by atoms with Gasteiger partial charge >= 0.3 is 0 Å². The van der Waals surface area contributed by atoms with Crippen molar-refractivity contribution < 1.29 is 8.81 Å². The third kappa shape index (κ3) is 1.86. The van der Waals surface area contributed by atoms with Crippen LogP contribution in [0, 0.1) is 5.82 Å². The van der Waals surface area contributed by atoms with Crippen LogP contribution < -0.4 is 5.73 Å². The number of fused-ring (bicyclic) bond motifs is 3. The van der Waals surface area contributed by atoms with Gasteiger partial charge in [-0.25, -0.2) is 4.39 Å². The fourth-order valence-corrected chi connectivity index (χ4v) is 2.61. The summed E-state index contributed by atoms with van der Waals surface area (Å²) in [5, 5.41) is 2.09. The van der Waals surface area contributed by atoms with Crippen LogP contribution >= 0.6 is 0 Å². The van der Waals surface area contributed by atoms with Gasteiger partial charge in [-0.15, -0.1) is 0 Å². The maximum atomic E-state index is 13.6. The molecule has 0 aliphatic heterocycles. The van der Waals surface area contributed by atoms with Crippen molar-refractivity contribution in [3.63, 3.8) is 0 Å². The van der Waals surface area contributed by atoms with E-state index < -0.39 is 5.82 Å². The highest BCUT2D eigenvalue weighted by molar-refractivity contribution is 6.06. The summed E-state index contributed by atoms with van der Waals surface area (Å²) in [6, 6.07) is 18.6. The first kappa shape index (κ1) is 12.0. The second-order valence-electron chi connectivity index (χ2n) is 5.05. The number of anilines is 1. The molecule has 4 aromatic rings. The quantitative estimate of drug-likeness (QED) is 0.499. The molecule has 0 saturated carbocycles. The average Bonchev–Trinajstić information content (AvgIpc) is 2.88. The number of hydrogen-bond acceptors (Lipinski definition) is 2. The van der Waals surface area contributed by atoms with Crippen LogP contribution in [0.2, 0.25) is 0 Å². The van der Waals surface area contributed by atoms with Gasteiger partial charge in [0, 0.05) is 10.8 Å². The smallest absolute Gasteiger partial charge is 0.146 e. The van der Waals surface area contributed by atoms with E-state index in [4.69, 9.17) is 10.2 Å². The lowest BCUT2D eigenvalue weighted by Gasteiger charge is -2.03. The number of rotatable bonds is 1. The highest BCUT2D eigenvalue weighted by Gasteiger charge is 2.08. The molecule has 0 aliphatic carbocycles. The monoisotopic (exact) mass is 277 g/mol. The number of nitrogen functional groups attached to an aromatic ring is 1. The number of para-hydroxylation sites is 1. The van der Waals surface area contributed by atoms with Gasteiger partial charge < -0.3 is 10.2 Å². The van der Waals surface area contributed by atoms with Crippen LogP contribution in [0.25, 0.3) is 33.1 Å². The number of nitrogens with two attached hydrogens (primary N) is 1. The van der Waals surface area contributed by atoms with Crippen molar-refractivity contribution in [1.29, 1.82) is 0 Å². The molecule has 0 saturated heterocycles. The molecule has 0 radical (unpaired) electrons. The minimum Gasteiger partial charge on any atom is -0.456 e. The van der Waals surface area contributed by atoms with Crippen molar-refractivity contribution in [2.24, 2.45) is 0 Å². The van der Waals surface area contributed by atoms with Gasteiger partial charge in [0.1, 0.15) is 17.0 Å². The van der Waals surface area contributed by atoms with Crippen molar-refractivity contribution in [2.75, 3.05) is 5.73 Å². The molecule has 4 rings (SSSR count). The first-order valence-electron chi connectivity index (χ1n) is 6.69. The molecule has 0 spiro atoms. The second-order valence-corrected chi connectivity index (χ2v) is 5.05. The van der Waals surface area contributed by atoms with E-state index in [1.54, 1.807) is 6.07 Å². The first-order valence-corrected chi connectivity index (χ1v) is 6.69. The molecular weight excluding hydrogens is 265 g/mol. The molecule has 3 aromatic carbocycles. The van der Waals surface area contributed by atoms with E-state index in [-0.39, 0.29) is 5.69 Å². The molecule has 0 atom stereocenters. The van der Waals surface area contributed by atoms with Crippen LogP contribution in [-0.4, -0.2) is 0 Å². The zero-order valence-electron chi connectivity index (χ0n) is 11.1. The van der Waals surface area contributed by atoms with Crippen LogP contribution in [0.15, 0.2) is 65.1 Å². The Balaban J connectivity index is 1.97. The van der Waals surface area contributed by atoms with Crippen LogP contribution in [0.5, 0.6) is 0 Å². The minimum atomic E-state index is -0.398. The topological polar surface area (TPSA) is 39.2 Å². The lowest BCUT2D eigenvalue weighted by atomic mass is 10.0. The predicted molar refractivity (Wildman–Crippen MR) is 83.5 cm³/mol. The highest BCUT2D eigenvalue weighted by atomic mass is 19.1. The Bertz CT molecular complexity index is 971. The molecule has 1 aromatic heterocycles. The maximum absolute atomic E-state index is 13.6. The Morgan fingerprint density at radius 2 is 1.48 bits per heavy atom. The first-order chi connectivity index (χ1) is 10.2. The lowest BCUT2D eigenvalue weighted by Crippen LogP contribution is -1.90. The Labute approximate surface area is 120 Å². The average molecular weight is 277 g/mol. The molecule has 0 fully saturated rings. The SMILES string of the molecule is Nc1ccc(-c2ccc3oc4ccccc4c3c2)cc1F. The van der Waals surface area contributed by atoms with E-state index >= 15 is 0 Å². The summed E-state index contributed by atoms with van der Waals surface area (Å²) in [5.74, 6) is -0.398. The third-order valence-electron chi connectivity index (χ3n) is 3.71. The van der Waals surface area contributed by atoms with Gasteiger partial charge in [0.2, 0.25) is 0 Å². The normalized spacial score (nSPS) is 11.3. The Kier molecular flexibility index (Phi) is 2.48. The summed E-state index contributed by atoms with van der Waals surface area (Å²) < 4.78 is 19.4. The minimum absolute atomic E-state index is 0.161. The van der Waals surface area contributed by atoms with Gasteiger partial charge in [-0.2, -0.15) is 0 Å². The van der Waals surface area contributed by atoms with Crippen LogP contribution in [-0.2, 0) is 0 Å². The van der Waals surface area contributed by atoms with Crippen molar-refractivity contribution in [1.82, 2.24) is 0 Å². The maximum Gasteiger partial charge on any atom is 0.146 e. The van der Waals surface area contributed by atoms with Crippen molar-refractivity contribution in [3.05, 3.63) is 66.5 Å². The predicted octanol–water partition coefficient (Wildman–Crippen LogP) is 4.97. The van der Waals surface area contributed by atoms with Crippen LogP contribution in [0.1, 0.15) is 0 Å². The fourth-order valence-electron chi connectivity index (χ4n) is 2.61. The summed E-state index contributed by atoms with van der Waals surface area (Å²) in [6.07, 6.45) is 0. The molecule has 2 N–H and O–H groups in total. The summed E-state index contributed by atoms with van der Waals surface area (Å²) in [5.41, 5.74) is 9.11. The van der Waals surface area contributed by atoms with Gasteiger partial charge in [0.15, 0.2) is 0 Å². The van der Waals surface area contributed by atoms with Crippen molar-refractivity contribution in [3.8, 4) is 11.1 Å². The number of benzene rings is 3. The molecular formula is C18H12FNO. The van der Waals surface area contributed by atoms with Gasteiger partial charge in [-0.05, 0) is 41.5 Å². The fraction of sp³-hybridized carbons (Fsp3) is 0. The van der Waals surface area contributed by atoms with E-state index in [1.165, 1.54) is 6.07 Å². The molecule has 0 aliphatic rings. The van der Waals surface area contributed by atoms with Crippen LogP contribution in [0.3, 0.4) is 0 Å². The molecule has 1 heterocycles. The molecule has 3 heteroatoms. The number of halogens is 1. The largest absolute Gasteiger partial charge is 0.456 e. The van der Waals surface area contributed by atoms with Gasteiger partial charge in [0.05, 0.1) is 5.69 Å². The van der Waals surface area contributed by atoms with Crippen molar-refractivity contribution in [2.45, 2.75) is 0 Å². The Morgan fingerprint density at radius 1 is 0.762 bits per heavy atom. The summed E-state index contributed by atoms with van der Waals surface area (Å²) >= 11 is 0. The van der Waals surface area contributed by atoms with Gasteiger partial charge in [0.25, 0.3) is 0 Å². The van der Waals surface area contributed by atoms with Crippen LogP contribution in [0.4, 0.5) is 10.1 Å². The third-order valence-corrected chi connectivity index (χ3v) is 3.71. The van der Waals surface area contributed by atoms with E-state index in [0.29, 0.717) is 0 Å². The number of furan rings is 1. The van der Waals surface area contributed by atoms with Gasteiger partial charge in [-0.1, -0.05) is 30.3 Å². The Hall–Kier alpha value is -2.81. The number of hydrogen-bond donors (Lipinski definition) is 1. The van der Waals surface area contributed by atoms with E-state index in [9.17, 15) is 4.39 Å². The zero-order valence-corrected chi connectivity index (χ0v) is 11.1. The molecule has 0 bridgehead atoms. The summed E-state index contributed by atoms with van der Waals surface area (Å²) in [7, 11) is 0.